The molecule has 146 valence electrons. The minimum absolute atomic E-state index is 0.172. The van der Waals surface area contributed by atoms with Gasteiger partial charge in [-0.25, -0.2) is 8.42 Å². The van der Waals surface area contributed by atoms with Gasteiger partial charge in [0.15, 0.2) is 0 Å². The summed E-state index contributed by atoms with van der Waals surface area (Å²) >= 11 is 1.35. The van der Waals surface area contributed by atoms with Crippen molar-refractivity contribution in [1.29, 1.82) is 0 Å². The molecule has 0 saturated carbocycles. The lowest BCUT2D eigenvalue weighted by Crippen LogP contribution is -2.35. The molecule has 0 spiro atoms. The summed E-state index contributed by atoms with van der Waals surface area (Å²) in [7, 11) is -3.58. The van der Waals surface area contributed by atoms with Gasteiger partial charge in [-0.15, -0.1) is 11.3 Å². The van der Waals surface area contributed by atoms with Crippen molar-refractivity contribution in [3.63, 3.8) is 0 Å². The fourth-order valence-corrected chi connectivity index (χ4v) is 5.45. The highest BCUT2D eigenvalue weighted by Gasteiger charge is 2.27. The average molecular weight is 409 g/mol. The van der Waals surface area contributed by atoms with Crippen molar-refractivity contribution in [3.8, 4) is 5.75 Å². The molecule has 0 aliphatic carbocycles. The first kappa shape index (κ1) is 19.9. The number of carbonyl (C=O) groups is 1. The zero-order valence-electron chi connectivity index (χ0n) is 15.5. The van der Waals surface area contributed by atoms with Gasteiger partial charge in [0.1, 0.15) is 5.75 Å². The quantitative estimate of drug-likeness (QED) is 0.787. The molecular formula is C19H24N2O4S2. The number of thiophene rings is 1. The van der Waals surface area contributed by atoms with E-state index in [1.165, 1.54) is 21.7 Å². The number of nitrogens with zero attached hydrogens (tertiary/aromatic N) is 1. The van der Waals surface area contributed by atoms with E-state index >= 15 is 0 Å². The lowest BCUT2D eigenvalue weighted by molar-refractivity contribution is 0.102. The molecule has 1 aliphatic rings. The molecule has 1 aromatic heterocycles. The Morgan fingerprint density at radius 1 is 1.22 bits per heavy atom. The smallest absolute Gasteiger partial charge is 0.266 e. The van der Waals surface area contributed by atoms with Gasteiger partial charge >= 0.3 is 0 Å². The van der Waals surface area contributed by atoms with E-state index in [2.05, 4.69) is 5.32 Å². The molecule has 0 unspecified atom stereocenters. The Balaban J connectivity index is 1.93. The van der Waals surface area contributed by atoms with Gasteiger partial charge in [-0.1, -0.05) is 6.42 Å². The number of ether oxygens (including phenoxy) is 1. The van der Waals surface area contributed by atoms with Crippen molar-refractivity contribution in [3.05, 3.63) is 40.1 Å². The molecule has 1 aliphatic heterocycles. The fraction of sp³-hybridized carbons (Fsp3) is 0.421. The predicted molar refractivity (Wildman–Crippen MR) is 107 cm³/mol. The number of nitrogens with one attached hydrogen (secondary N) is 1. The van der Waals surface area contributed by atoms with E-state index in [9.17, 15) is 13.2 Å². The number of amides is 1. The van der Waals surface area contributed by atoms with Crippen molar-refractivity contribution in [1.82, 2.24) is 4.31 Å². The van der Waals surface area contributed by atoms with Crippen LogP contribution in [0.25, 0.3) is 0 Å². The summed E-state index contributed by atoms with van der Waals surface area (Å²) < 4.78 is 33.0. The first-order valence-corrected chi connectivity index (χ1v) is 11.4. The van der Waals surface area contributed by atoms with Crippen LogP contribution in [0, 0.1) is 6.92 Å². The third-order valence-electron chi connectivity index (χ3n) is 4.52. The van der Waals surface area contributed by atoms with Crippen LogP contribution in [0.1, 0.15) is 41.4 Å². The molecule has 3 rings (SSSR count). The average Bonchev–Trinajstić information content (AvgIpc) is 3.10. The molecule has 2 aromatic rings. The second-order valence-corrected chi connectivity index (χ2v) is 9.30. The number of piperidine rings is 1. The lowest BCUT2D eigenvalue weighted by atomic mass is 10.2. The molecule has 1 saturated heterocycles. The second-order valence-electron chi connectivity index (χ2n) is 6.44. The van der Waals surface area contributed by atoms with Crippen LogP contribution in [0.4, 0.5) is 5.69 Å². The topological polar surface area (TPSA) is 75.7 Å². The van der Waals surface area contributed by atoms with Crippen molar-refractivity contribution >= 4 is 33.0 Å². The number of anilines is 1. The normalized spacial score (nSPS) is 15.5. The van der Waals surface area contributed by atoms with E-state index in [0.29, 0.717) is 36.0 Å². The van der Waals surface area contributed by atoms with Crippen molar-refractivity contribution < 1.29 is 17.9 Å². The second kappa shape index (κ2) is 8.41. The van der Waals surface area contributed by atoms with Crippen molar-refractivity contribution in [2.45, 2.75) is 38.0 Å². The van der Waals surface area contributed by atoms with Gasteiger partial charge < -0.3 is 10.1 Å². The van der Waals surface area contributed by atoms with Gasteiger partial charge in [-0.3, -0.25) is 4.79 Å². The number of aryl methyl sites for hydroxylation is 1. The summed E-state index contributed by atoms with van der Waals surface area (Å²) in [6.45, 7) is 5.19. The Hall–Kier alpha value is -1.90. The van der Waals surface area contributed by atoms with Gasteiger partial charge in [0, 0.05) is 13.1 Å². The largest absolute Gasteiger partial charge is 0.492 e. The van der Waals surface area contributed by atoms with E-state index in [4.69, 9.17) is 4.74 Å². The number of hydrogen-bond donors (Lipinski definition) is 1. The van der Waals surface area contributed by atoms with Crippen LogP contribution in [0.2, 0.25) is 0 Å². The number of benzene rings is 1. The summed E-state index contributed by atoms with van der Waals surface area (Å²) in [5, 5.41) is 4.67. The van der Waals surface area contributed by atoms with E-state index in [-0.39, 0.29) is 10.8 Å². The number of rotatable bonds is 6. The lowest BCUT2D eigenvalue weighted by Gasteiger charge is -2.26. The molecule has 1 fully saturated rings. The van der Waals surface area contributed by atoms with E-state index < -0.39 is 10.0 Å². The summed E-state index contributed by atoms with van der Waals surface area (Å²) in [4.78, 5) is 13.4. The van der Waals surface area contributed by atoms with Gasteiger partial charge in [0.2, 0.25) is 10.0 Å². The molecule has 1 aromatic carbocycles. The van der Waals surface area contributed by atoms with E-state index in [1.54, 1.807) is 12.1 Å². The molecule has 27 heavy (non-hydrogen) atoms. The van der Waals surface area contributed by atoms with Gasteiger partial charge in [0.25, 0.3) is 5.91 Å². The van der Waals surface area contributed by atoms with Crippen molar-refractivity contribution in [2.24, 2.45) is 0 Å². The van der Waals surface area contributed by atoms with Gasteiger partial charge in [-0.2, -0.15) is 4.31 Å². The number of sulfonamides is 1. The molecular weight excluding hydrogens is 384 g/mol. The zero-order chi connectivity index (χ0) is 19.4. The highest BCUT2D eigenvalue weighted by atomic mass is 32.2. The monoisotopic (exact) mass is 408 g/mol. The predicted octanol–water partition coefficient (Wildman–Crippen LogP) is 3.88. The first-order chi connectivity index (χ1) is 12.9. The minimum Gasteiger partial charge on any atom is -0.492 e. The Bertz CT molecular complexity index is 916. The highest BCUT2D eigenvalue weighted by molar-refractivity contribution is 7.89. The number of hydrogen-bond acceptors (Lipinski definition) is 5. The summed E-state index contributed by atoms with van der Waals surface area (Å²) in [5.41, 5.74) is 1.25. The summed E-state index contributed by atoms with van der Waals surface area (Å²) in [5.74, 6) is 0.189. The molecule has 1 amide bonds. The molecule has 2 heterocycles. The standard InChI is InChI=1S/C19H24N2O4S2/c1-3-25-17-8-7-15(27(23,24)21-10-5-4-6-11-21)13-16(17)20-19(22)18-14(2)9-12-26-18/h7-9,12-13H,3-6,10-11H2,1-2H3,(H,20,22). The Labute approximate surface area is 164 Å². The van der Waals surface area contributed by atoms with E-state index in [1.807, 2.05) is 25.3 Å². The van der Waals surface area contributed by atoms with Crippen molar-refractivity contribution in [2.75, 3.05) is 25.0 Å². The molecule has 0 radical (unpaired) electrons. The van der Waals surface area contributed by atoms with E-state index in [0.717, 1.165) is 24.8 Å². The van der Waals surface area contributed by atoms with Crippen LogP contribution in [0.15, 0.2) is 34.5 Å². The van der Waals surface area contributed by atoms with Crippen LogP contribution >= 0.6 is 11.3 Å². The molecule has 0 bridgehead atoms. The SMILES string of the molecule is CCOc1ccc(S(=O)(=O)N2CCCCC2)cc1NC(=O)c1sccc1C. The molecule has 6 nitrogen and oxygen atoms in total. The maximum atomic E-state index is 13.0. The third-order valence-corrected chi connectivity index (χ3v) is 7.43. The maximum Gasteiger partial charge on any atom is 0.266 e. The minimum atomic E-state index is -3.58. The molecule has 1 N–H and O–H groups in total. The zero-order valence-corrected chi connectivity index (χ0v) is 17.2. The summed E-state index contributed by atoms with van der Waals surface area (Å²) in [6.07, 6.45) is 2.80. The van der Waals surface area contributed by atoms with Crippen LogP contribution < -0.4 is 10.1 Å². The Kier molecular flexibility index (Phi) is 6.18. The van der Waals surface area contributed by atoms with Crippen LogP contribution in [0.3, 0.4) is 0 Å². The summed E-state index contributed by atoms with van der Waals surface area (Å²) in [6, 6.07) is 6.52. The van der Waals surface area contributed by atoms with Crippen LogP contribution in [-0.4, -0.2) is 38.3 Å². The third kappa shape index (κ3) is 4.34. The van der Waals surface area contributed by atoms with Gasteiger partial charge in [0.05, 0.1) is 22.1 Å². The maximum absolute atomic E-state index is 13.0. The number of carbonyl (C=O) groups excluding carboxylic acids is 1. The Morgan fingerprint density at radius 3 is 2.59 bits per heavy atom. The molecule has 0 atom stereocenters. The highest BCUT2D eigenvalue weighted by Crippen LogP contribution is 2.31. The first-order valence-electron chi connectivity index (χ1n) is 9.06. The molecule has 8 heteroatoms. The van der Waals surface area contributed by atoms with Crippen LogP contribution in [-0.2, 0) is 10.0 Å². The van der Waals surface area contributed by atoms with Crippen LogP contribution in [0.5, 0.6) is 5.75 Å². The fourth-order valence-electron chi connectivity index (χ4n) is 3.09. The Morgan fingerprint density at radius 2 is 1.96 bits per heavy atom. The van der Waals surface area contributed by atoms with Gasteiger partial charge in [-0.05, 0) is 61.9 Å².